The molecule has 30 heavy (non-hydrogen) atoms. The van der Waals surface area contributed by atoms with Gasteiger partial charge in [-0.05, 0) is 72.3 Å². The molecular weight excluding hydrogens is 385 g/mol. The lowest BCUT2D eigenvalue weighted by molar-refractivity contribution is -0.143. The number of aryl methyl sites for hydroxylation is 1. The van der Waals surface area contributed by atoms with Crippen molar-refractivity contribution < 1.29 is 28.4 Å². The van der Waals surface area contributed by atoms with Gasteiger partial charge in [0.1, 0.15) is 11.6 Å². The molecule has 1 heterocycles. The van der Waals surface area contributed by atoms with Gasteiger partial charge in [0.15, 0.2) is 0 Å². The van der Waals surface area contributed by atoms with E-state index in [1.165, 1.54) is 7.11 Å². The van der Waals surface area contributed by atoms with Crippen LogP contribution >= 0.6 is 0 Å². The molecule has 7 nitrogen and oxygen atoms in total. The van der Waals surface area contributed by atoms with E-state index in [0.29, 0.717) is 12.8 Å². The van der Waals surface area contributed by atoms with Crippen LogP contribution in [0.1, 0.15) is 60.5 Å². The van der Waals surface area contributed by atoms with Gasteiger partial charge < -0.3 is 24.1 Å². The first-order valence-corrected chi connectivity index (χ1v) is 10.3. The van der Waals surface area contributed by atoms with Crippen molar-refractivity contribution in [3.8, 4) is 0 Å². The summed E-state index contributed by atoms with van der Waals surface area (Å²) in [5, 5.41) is 2.60. The zero-order valence-electron chi connectivity index (χ0n) is 19.3. The fourth-order valence-electron chi connectivity index (χ4n) is 3.03. The van der Waals surface area contributed by atoms with Gasteiger partial charge in [-0.25, -0.2) is 9.59 Å². The topological polar surface area (TPSA) is 83.1 Å². The minimum atomic E-state index is -0.801. The molecule has 1 saturated heterocycles. The summed E-state index contributed by atoms with van der Waals surface area (Å²) in [4.78, 5) is 24.2. The number of nitrogens with one attached hydrogen (secondary N) is 1. The Kier molecular flexibility index (Phi) is 7.25. The third-order valence-corrected chi connectivity index (χ3v) is 5.37. The molecule has 1 aliphatic rings. The van der Waals surface area contributed by atoms with E-state index in [2.05, 4.69) is 5.32 Å². The van der Waals surface area contributed by atoms with Crippen molar-refractivity contribution in [2.75, 3.05) is 7.11 Å². The number of methoxy groups -OCH3 is 1. The fraction of sp³-hybridized carbons (Fsp3) is 0.636. The molecule has 2 rings (SSSR count). The van der Waals surface area contributed by atoms with Crippen LogP contribution in [0, 0.1) is 0 Å². The zero-order valence-corrected chi connectivity index (χ0v) is 19.3. The maximum atomic E-state index is 12.1. The zero-order chi connectivity index (χ0) is 22.7. The largest absolute Gasteiger partial charge is 0.494 e. The van der Waals surface area contributed by atoms with Gasteiger partial charge in [0, 0.05) is 0 Å². The molecule has 1 atom stereocenters. The molecule has 0 unspecified atom stereocenters. The molecule has 0 radical (unpaired) electrons. The number of benzene rings is 1. The maximum Gasteiger partial charge on any atom is 0.494 e. The Morgan fingerprint density at radius 2 is 1.73 bits per heavy atom. The predicted molar refractivity (Wildman–Crippen MR) is 116 cm³/mol. The molecule has 8 heteroatoms. The highest BCUT2D eigenvalue weighted by atomic mass is 16.7. The lowest BCUT2D eigenvalue weighted by Gasteiger charge is -2.32. The van der Waals surface area contributed by atoms with Crippen molar-refractivity contribution in [1.82, 2.24) is 5.32 Å². The van der Waals surface area contributed by atoms with Gasteiger partial charge in [0.05, 0.1) is 18.3 Å². The highest BCUT2D eigenvalue weighted by molar-refractivity contribution is 6.62. The highest BCUT2D eigenvalue weighted by Crippen LogP contribution is 2.36. The summed E-state index contributed by atoms with van der Waals surface area (Å²) in [7, 11) is 0.844. The van der Waals surface area contributed by atoms with Gasteiger partial charge in [-0.3, -0.25) is 0 Å². The Morgan fingerprint density at radius 3 is 2.27 bits per heavy atom. The number of hydrogen-bond donors (Lipinski definition) is 1. The third-order valence-electron chi connectivity index (χ3n) is 5.37. The van der Waals surface area contributed by atoms with E-state index in [4.69, 9.17) is 18.8 Å². The number of hydrogen-bond acceptors (Lipinski definition) is 6. The van der Waals surface area contributed by atoms with Gasteiger partial charge in [0.2, 0.25) is 0 Å². The van der Waals surface area contributed by atoms with Crippen LogP contribution in [0.4, 0.5) is 4.79 Å². The summed E-state index contributed by atoms with van der Waals surface area (Å²) < 4.78 is 22.3. The molecule has 0 aliphatic carbocycles. The van der Waals surface area contributed by atoms with E-state index in [0.717, 1.165) is 11.0 Å². The summed E-state index contributed by atoms with van der Waals surface area (Å²) in [6.07, 6.45) is 0.283. The number of carbonyl (C=O) groups excluding carboxylic acids is 2. The molecule has 1 fully saturated rings. The second kappa shape index (κ2) is 8.98. The Morgan fingerprint density at radius 1 is 1.13 bits per heavy atom. The average Bonchev–Trinajstić information content (AvgIpc) is 2.84. The third kappa shape index (κ3) is 6.22. The van der Waals surface area contributed by atoms with Gasteiger partial charge >= 0.3 is 19.2 Å². The summed E-state index contributed by atoms with van der Waals surface area (Å²) in [6, 6.07) is 7.07. The smallest absolute Gasteiger partial charge is 0.467 e. The summed E-state index contributed by atoms with van der Waals surface area (Å²) in [5.41, 5.74) is 0.437. The second-order valence-electron chi connectivity index (χ2n) is 9.59. The minimum Gasteiger partial charge on any atom is -0.467 e. The van der Waals surface area contributed by atoms with Crippen molar-refractivity contribution in [3.05, 3.63) is 29.8 Å². The maximum absolute atomic E-state index is 12.1. The van der Waals surface area contributed by atoms with Crippen LogP contribution in [0.3, 0.4) is 0 Å². The number of carbonyl (C=O) groups is 2. The van der Waals surface area contributed by atoms with E-state index in [1.54, 1.807) is 20.8 Å². The Bertz CT molecular complexity index is 755. The first kappa shape index (κ1) is 24.2. The van der Waals surface area contributed by atoms with Crippen LogP contribution in [0.2, 0.25) is 0 Å². The molecule has 1 amide bonds. The lowest BCUT2D eigenvalue weighted by atomic mass is 9.78. The molecule has 0 saturated carbocycles. The molecule has 1 aliphatic heterocycles. The van der Waals surface area contributed by atoms with Crippen LogP contribution in [0.25, 0.3) is 0 Å². The number of alkyl carbamates (subject to hydrolysis) is 1. The average molecular weight is 419 g/mol. The number of esters is 1. The molecule has 166 valence electrons. The number of ether oxygens (including phenoxy) is 2. The molecular formula is C22H34BNO6. The molecule has 1 aromatic rings. The van der Waals surface area contributed by atoms with Crippen LogP contribution in [-0.2, 0) is 30.0 Å². The predicted octanol–water partition coefficient (Wildman–Crippen LogP) is 2.98. The van der Waals surface area contributed by atoms with Crippen molar-refractivity contribution in [2.45, 2.75) is 84.2 Å². The standard InChI is InChI=1S/C22H34BNO6/c1-20(2,3)28-19(26)24-17(18(25)27-8)13-12-15-10-9-11-16(14-15)23-29-21(4,5)22(6,7)30-23/h9-11,14,17H,12-13H2,1-8H3,(H,24,26)/t17-/m0/s1. The van der Waals surface area contributed by atoms with Gasteiger partial charge in [-0.15, -0.1) is 0 Å². The van der Waals surface area contributed by atoms with Crippen molar-refractivity contribution in [1.29, 1.82) is 0 Å². The van der Waals surface area contributed by atoms with Crippen LogP contribution < -0.4 is 10.8 Å². The lowest BCUT2D eigenvalue weighted by Crippen LogP contribution is -2.44. The van der Waals surface area contributed by atoms with E-state index in [-0.39, 0.29) is 0 Å². The van der Waals surface area contributed by atoms with E-state index in [9.17, 15) is 9.59 Å². The fourth-order valence-corrected chi connectivity index (χ4v) is 3.03. The van der Waals surface area contributed by atoms with Crippen LogP contribution in [-0.4, -0.2) is 49.1 Å². The first-order valence-electron chi connectivity index (χ1n) is 10.3. The first-order chi connectivity index (χ1) is 13.7. The van der Waals surface area contributed by atoms with E-state index in [1.807, 2.05) is 52.0 Å². The molecule has 0 bridgehead atoms. The number of rotatable bonds is 6. The highest BCUT2D eigenvalue weighted by Gasteiger charge is 2.51. The second-order valence-corrected chi connectivity index (χ2v) is 9.59. The summed E-state index contributed by atoms with van der Waals surface area (Å²) in [6.45, 7) is 13.4. The van der Waals surface area contributed by atoms with Gasteiger partial charge in [0.25, 0.3) is 0 Å². The van der Waals surface area contributed by atoms with Crippen molar-refractivity contribution in [2.24, 2.45) is 0 Å². The van der Waals surface area contributed by atoms with Gasteiger partial charge in [-0.1, -0.05) is 24.3 Å². The Balaban J connectivity index is 2.05. The van der Waals surface area contributed by atoms with E-state index < -0.39 is 42.0 Å². The molecule has 0 aromatic heterocycles. The van der Waals surface area contributed by atoms with Crippen LogP contribution in [0.5, 0.6) is 0 Å². The monoisotopic (exact) mass is 419 g/mol. The molecule has 0 spiro atoms. The van der Waals surface area contributed by atoms with Crippen molar-refractivity contribution >= 4 is 24.6 Å². The molecule has 1 N–H and O–H groups in total. The Hall–Kier alpha value is -2.06. The minimum absolute atomic E-state index is 0.374. The number of amides is 1. The van der Waals surface area contributed by atoms with Gasteiger partial charge in [-0.2, -0.15) is 0 Å². The quantitative estimate of drug-likeness (QED) is 0.564. The normalized spacial score (nSPS) is 18.6. The molecule has 1 aromatic carbocycles. The van der Waals surface area contributed by atoms with Crippen molar-refractivity contribution in [3.63, 3.8) is 0 Å². The van der Waals surface area contributed by atoms with Crippen LogP contribution in [0.15, 0.2) is 24.3 Å². The van der Waals surface area contributed by atoms with E-state index >= 15 is 0 Å². The summed E-state index contributed by atoms with van der Waals surface area (Å²) >= 11 is 0. The summed E-state index contributed by atoms with van der Waals surface area (Å²) in [5.74, 6) is -0.511. The SMILES string of the molecule is COC(=O)[C@H](CCc1cccc(B2OC(C)(C)C(C)(C)O2)c1)NC(=O)OC(C)(C)C. The Labute approximate surface area is 179 Å².